The fourth-order valence-electron chi connectivity index (χ4n) is 3.78. The molecule has 1 aliphatic rings. The second kappa shape index (κ2) is 9.82. The predicted molar refractivity (Wildman–Crippen MR) is 116 cm³/mol. The van der Waals surface area contributed by atoms with E-state index < -0.39 is 41.8 Å². The highest BCUT2D eigenvalue weighted by atomic mass is 19.3. The van der Waals surface area contributed by atoms with Gasteiger partial charge >= 0.3 is 0 Å². The Morgan fingerprint density at radius 3 is 2.63 bits per heavy atom. The zero-order chi connectivity index (χ0) is 25.2. The third-order valence-electron chi connectivity index (χ3n) is 5.80. The molecule has 8 nitrogen and oxygen atoms in total. The number of amides is 1. The van der Waals surface area contributed by atoms with Crippen LogP contribution in [0, 0.1) is 16.8 Å². The van der Waals surface area contributed by atoms with E-state index >= 15 is 0 Å². The van der Waals surface area contributed by atoms with Crippen LogP contribution >= 0.6 is 0 Å². The van der Waals surface area contributed by atoms with Crippen molar-refractivity contribution >= 4 is 11.7 Å². The van der Waals surface area contributed by atoms with Gasteiger partial charge in [-0.05, 0) is 24.6 Å². The van der Waals surface area contributed by atoms with Crippen LogP contribution in [0.25, 0.3) is 0 Å². The number of anilines is 1. The van der Waals surface area contributed by atoms with Gasteiger partial charge in [0.1, 0.15) is 5.82 Å². The van der Waals surface area contributed by atoms with Gasteiger partial charge in [-0.15, -0.1) is 0 Å². The largest absolute Gasteiger partial charge is 0.619 e. The Labute approximate surface area is 197 Å². The second-order valence-corrected chi connectivity index (χ2v) is 8.13. The Bertz CT molecular complexity index is 1190. The fourth-order valence-corrected chi connectivity index (χ4v) is 3.78. The van der Waals surface area contributed by atoms with Crippen molar-refractivity contribution in [2.45, 2.75) is 31.2 Å². The number of ether oxygens (including phenoxy) is 1. The molecule has 184 valence electrons. The molecular formula is C23H21F4N5O3. The molecule has 0 spiro atoms. The van der Waals surface area contributed by atoms with E-state index in [2.05, 4.69) is 15.3 Å². The summed E-state index contributed by atoms with van der Waals surface area (Å²) < 4.78 is 61.6. The van der Waals surface area contributed by atoms with Gasteiger partial charge in [0.05, 0.1) is 24.4 Å². The van der Waals surface area contributed by atoms with Crippen molar-refractivity contribution in [2.75, 3.05) is 18.4 Å². The van der Waals surface area contributed by atoms with E-state index in [1.165, 1.54) is 18.3 Å². The number of alkyl halides is 2. The smallest absolute Gasteiger partial charge is 0.257 e. The third-order valence-corrected chi connectivity index (χ3v) is 5.80. The summed E-state index contributed by atoms with van der Waals surface area (Å²) in [6, 6.07) is 4.76. The zero-order valence-electron chi connectivity index (χ0n) is 18.5. The molecule has 0 aliphatic carbocycles. The summed E-state index contributed by atoms with van der Waals surface area (Å²) in [6.45, 7) is 1.52. The standard InChI is InChI=1S/C23H21F4N5O3/c1-14(31-9-6-23(26,27)17(13-31)15-4-7-32(34)8-5-15)22(33)30-20-11-29-21(12-28-20)35-19-3-2-16(24)10-18(19)25/h2-5,7-8,10-12,14,17H,6,9,13H2,1H3,(H,28,30,33)/t14-,17+/m0/s1. The van der Waals surface area contributed by atoms with Crippen LogP contribution in [0.2, 0.25) is 0 Å². The van der Waals surface area contributed by atoms with Gasteiger partial charge in [0.2, 0.25) is 11.8 Å². The van der Waals surface area contributed by atoms with Gasteiger partial charge in [0.15, 0.2) is 29.8 Å². The van der Waals surface area contributed by atoms with Crippen LogP contribution in [-0.2, 0) is 4.79 Å². The van der Waals surface area contributed by atoms with Gasteiger partial charge in [0, 0.05) is 37.7 Å². The molecule has 0 bridgehead atoms. The van der Waals surface area contributed by atoms with Crippen LogP contribution < -0.4 is 14.8 Å². The maximum atomic E-state index is 14.6. The van der Waals surface area contributed by atoms with Crippen molar-refractivity contribution in [3.63, 3.8) is 0 Å². The number of nitrogens with zero attached hydrogens (tertiary/aromatic N) is 4. The minimum Gasteiger partial charge on any atom is -0.619 e. The van der Waals surface area contributed by atoms with Crippen LogP contribution in [0.4, 0.5) is 23.4 Å². The van der Waals surface area contributed by atoms with Crippen molar-refractivity contribution in [2.24, 2.45) is 0 Å². The number of rotatable bonds is 6. The van der Waals surface area contributed by atoms with E-state index in [4.69, 9.17) is 4.74 Å². The summed E-state index contributed by atoms with van der Waals surface area (Å²) in [5.41, 5.74) is 0.318. The zero-order valence-corrected chi connectivity index (χ0v) is 18.5. The number of hydrogen-bond donors (Lipinski definition) is 1. The number of pyridine rings is 1. The molecule has 1 fully saturated rings. The van der Waals surface area contributed by atoms with E-state index in [1.807, 2.05) is 0 Å². The molecule has 1 amide bonds. The molecule has 1 aromatic carbocycles. The highest BCUT2D eigenvalue weighted by Gasteiger charge is 2.46. The Balaban J connectivity index is 1.39. The number of benzene rings is 1. The fraction of sp³-hybridized carbons (Fsp3) is 0.304. The normalized spacial score (nSPS) is 18.6. The number of piperidine rings is 1. The van der Waals surface area contributed by atoms with E-state index in [1.54, 1.807) is 11.8 Å². The first-order valence-corrected chi connectivity index (χ1v) is 10.7. The summed E-state index contributed by atoms with van der Waals surface area (Å²) in [7, 11) is 0. The SMILES string of the molecule is C[C@@H](C(=O)Nc1cnc(Oc2ccc(F)cc2F)cn1)N1CCC(F)(F)[C@@H](c2cc[n+]([O-])cc2)C1. The van der Waals surface area contributed by atoms with Crippen LogP contribution in [0.1, 0.15) is 24.8 Å². The average Bonchev–Trinajstić information content (AvgIpc) is 2.82. The summed E-state index contributed by atoms with van der Waals surface area (Å²) in [6.07, 6.45) is 4.23. The first kappa shape index (κ1) is 24.3. The van der Waals surface area contributed by atoms with Crippen molar-refractivity contribution in [1.82, 2.24) is 14.9 Å². The summed E-state index contributed by atoms with van der Waals surface area (Å²) in [5, 5.41) is 13.8. The number of aromatic nitrogens is 3. The number of halogens is 4. The Hall–Kier alpha value is -3.80. The Morgan fingerprint density at radius 1 is 1.23 bits per heavy atom. The van der Waals surface area contributed by atoms with Gasteiger partial charge in [-0.1, -0.05) is 0 Å². The topological polar surface area (TPSA) is 94.3 Å². The van der Waals surface area contributed by atoms with E-state index in [-0.39, 0.29) is 30.5 Å². The lowest BCUT2D eigenvalue weighted by atomic mass is 9.87. The third kappa shape index (κ3) is 5.65. The number of nitrogens with one attached hydrogen (secondary N) is 1. The number of hydrogen-bond acceptors (Lipinski definition) is 6. The number of carbonyl (C=O) groups is 1. The Kier molecular flexibility index (Phi) is 6.83. The highest BCUT2D eigenvalue weighted by Crippen LogP contribution is 2.40. The molecule has 1 aliphatic heterocycles. The minimum atomic E-state index is -2.98. The summed E-state index contributed by atoms with van der Waals surface area (Å²) >= 11 is 0. The van der Waals surface area contributed by atoms with Gasteiger partial charge in [0.25, 0.3) is 5.92 Å². The van der Waals surface area contributed by atoms with Crippen LogP contribution in [0.15, 0.2) is 55.1 Å². The molecule has 0 radical (unpaired) electrons. The number of likely N-dealkylation sites (tertiary alicyclic amines) is 1. The molecule has 12 heteroatoms. The van der Waals surface area contributed by atoms with Gasteiger partial charge in [-0.2, -0.15) is 4.73 Å². The lowest BCUT2D eigenvalue weighted by molar-refractivity contribution is -0.605. The van der Waals surface area contributed by atoms with Crippen molar-refractivity contribution in [3.05, 3.63) is 77.5 Å². The van der Waals surface area contributed by atoms with Gasteiger partial charge in [-0.3, -0.25) is 9.69 Å². The van der Waals surface area contributed by atoms with E-state index in [0.29, 0.717) is 16.4 Å². The lowest BCUT2D eigenvalue weighted by Crippen LogP contribution is -2.52. The van der Waals surface area contributed by atoms with Crippen LogP contribution in [0.3, 0.4) is 0 Å². The van der Waals surface area contributed by atoms with E-state index in [9.17, 15) is 27.6 Å². The maximum Gasteiger partial charge on any atom is 0.257 e. The molecule has 3 aromatic rings. The molecule has 2 atom stereocenters. The molecule has 2 aromatic heterocycles. The first-order chi connectivity index (χ1) is 16.6. The molecule has 3 heterocycles. The first-order valence-electron chi connectivity index (χ1n) is 10.7. The molecule has 35 heavy (non-hydrogen) atoms. The van der Waals surface area contributed by atoms with E-state index in [0.717, 1.165) is 30.7 Å². The predicted octanol–water partition coefficient (Wildman–Crippen LogP) is 3.63. The minimum absolute atomic E-state index is 0.00810. The monoisotopic (exact) mass is 491 g/mol. The van der Waals surface area contributed by atoms with Gasteiger partial charge < -0.3 is 15.3 Å². The van der Waals surface area contributed by atoms with Crippen LogP contribution in [0.5, 0.6) is 11.6 Å². The van der Waals surface area contributed by atoms with Gasteiger partial charge in [-0.25, -0.2) is 27.5 Å². The summed E-state index contributed by atoms with van der Waals surface area (Å²) in [5.74, 6) is -6.54. The Morgan fingerprint density at radius 2 is 1.97 bits per heavy atom. The quantitative estimate of drug-likeness (QED) is 0.322. The molecule has 0 saturated carbocycles. The van der Waals surface area contributed by atoms with Crippen molar-refractivity contribution < 1.29 is 31.8 Å². The van der Waals surface area contributed by atoms with Crippen molar-refractivity contribution in [3.8, 4) is 11.6 Å². The lowest BCUT2D eigenvalue weighted by Gasteiger charge is -2.40. The molecule has 0 unspecified atom stereocenters. The van der Waals surface area contributed by atoms with Crippen LogP contribution in [-0.4, -0.2) is 45.8 Å². The maximum absolute atomic E-state index is 14.6. The van der Waals surface area contributed by atoms with Crippen molar-refractivity contribution in [1.29, 1.82) is 0 Å². The average molecular weight is 491 g/mol. The molecule has 1 saturated heterocycles. The second-order valence-electron chi connectivity index (χ2n) is 8.13. The molecule has 1 N–H and O–H groups in total. The molecule has 4 rings (SSSR count). The molecular weight excluding hydrogens is 470 g/mol. The number of carbonyl (C=O) groups excluding carboxylic acids is 1. The summed E-state index contributed by atoms with van der Waals surface area (Å²) in [4.78, 5) is 22.3. The highest BCUT2D eigenvalue weighted by molar-refractivity contribution is 5.93.